The summed E-state index contributed by atoms with van der Waals surface area (Å²) < 4.78 is 5.21. The van der Waals surface area contributed by atoms with E-state index in [-0.39, 0.29) is 0 Å². The second kappa shape index (κ2) is 8.72. The number of ether oxygens (including phenoxy) is 1. The fourth-order valence-electron chi connectivity index (χ4n) is 2.08. The second-order valence-corrected chi connectivity index (χ2v) is 5.48. The zero-order chi connectivity index (χ0) is 17.4. The molecule has 0 aliphatic rings. The van der Waals surface area contributed by atoms with Crippen LogP contribution in [0.25, 0.3) is 0 Å². The number of para-hydroxylation sites is 1. The molecule has 5 heteroatoms. The Morgan fingerprint density at radius 2 is 1.71 bits per heavy atom. The van der Waals surface area contributed by atoms with Gasteiger partial charge in [0.25, 0.3) is 0 Å². The van der Waals surface area contributed by atoms with Gasteiger partial charge >= 0.3 is 12.0 Å². The van der Waals surface area contributed by atoms with Gasteiger partial charge in [0.2, 0.25) is 0 Å². The van der Waals surface area contributed by atoms with E-state index in [9.17, 15) is 9.59 Å². The SMILES string of the molecule is CCCCOC(=O)c1ccccc1NC(=O)Nc1ccc(C)cc1. The molecular weight excluding hydrogens is 304 g/mol. The van der Waals surface area contributed by atoms with E-state index in [0.29, 0.717) is 23.5 Å². The van der Waals surface area contributed by atoms with Crippen molar-refractivity contribution in [1.29, 1.82) is 0 Å². The van der Waals surface area contributed by atoms with Gasteiger partial charge in [-0.1, -0.05) is 43.2 Å². The number of unbranched alkanes of at least 4 members (excludes halogenated alkanes) is 1. The number of benzene rings is 2. The van der Waals surface area contributed by atoms with E-state index < -0.39 is 12.0 Å². The van der Waals surface area contributed by atoms with Crippen LogP contribution < -0.4 is 10.6 Å². The molecule has 0 heterocycles. The van der Waals surface area contributed by atoms with Gasteiger partial charge < -0.3 is 15.4 Å². The highest BCUT2D eigenvalue weighted by atomic mass is 16.5. The predicted molar refractivity (Wildman–Crippen MR) is 95.5 cm³/mol. The van der Waals surface area contributed by atoms with Gasteiger partial charge in [0.05, 0.1) is 17.9 Å². The summed E-state index contributed by atoms with van der Waals surface area (Å²) in [6.45, 7) is 4.38. The highest BCUT2D eigenvalue weighted by Gasteiger charge is 2.14. The average Bonchev–Trinajstić information content (AvgIpc) is 2.57. The van der Waals surface area contributed by atoms with Gasteiger partial charge in [0.1, 0.15) is 0 Å². The lowest BCUT2D eigenvalue weighted by Crippen LogP contribution is -2.21. The zero-order valence-corrected chi connectivity index (χ0v) is 14.0. The quantitative estimate of drug-likeness (QED) is 0.602. The molecule has 0 saturated carbocycles. The molecule has 0 unspecified atom stereocenters. The van der Waals surface area contributed by atoms with E-state index in [0.717, 1.165) is 18.4 Å². The van der Waals surface area contributed by atoms with Crippen LogP contribution in [0.3, 0.4) is 0 Å². The van der Waals surface area contributed by atoms with Gasteiger partial charge in [-0.3, -0.25) is 0 Å². The lowest BCUT2D eigenvalue weighted by Gasteiger charge is -2.12. The summed E-state index contributed by atoms with van der Waals surface area (Å²) in [4.78, 5) is 24.3. The first-order chi connectivity index (χ1) is 11.6. The lowest BCUT2D eigenvalue weighted by molar-refractivity contribution is 0.0501. The summed E-state index contributed by atoms with van der Waals surface area (Å²) in [5, 5.41) is 5.43. The Kier molecular flexibility index (Phi) is 6.37. The van der Waals surface area contributed by atoms with E-state index >= 15 is 0 Å². The first-order valence-electron chi connectivity index (χ1n) is 8.01. The van der Waals surface area contributed by atoms with Crippen molar-refractivity contribution in [3.8, 4) is 0 Å². The minimum atomic E-state index is -0.435. The number of aryl methyl sites for hydroxylation is 1. The Morgan fingerprint density at radius 3 is 2.42 bits per heavy atom. The van der Waals surface area contributed by atoms with Crippen LogP contribution in [0.2, 0.25) is 0 Å². The molecule has 2 rings (SSSR count). The number of hydrogen-bond acceptors (Lipinski definition) is 3. The Hall–Kier alpha value is -2.82. The Bertz CT molecular complexity index is 696. The molecule has 5 nitrogen and oxygen atoms in total. The number of urea groups is 1. The molecule has 0 aliphatic heterocycles. The molecule has 126 valence electrons. The minimum absolute atomic E-state index is 0.340. The molecule has 0 spiro atoms. The highest BCUT2D eigenvalue weighted by molar-refractivity contribution is 6.05. The van der Waals surface area contributed by atoms with Gasteiger partial charge in [-0.15, -0.1) is 0 Å². The fraction of sp³-hybridized carbons (Fsp3) is 0.263. The van der Waals surface area contributed by atoms with Gasteiger partial charge in [0, 0.05) is 5.69 Å². The average molecular weight is 326 g/mol. The van der Waals surface area contributed by atoms with Crippen LogP contribution in [0.15, 0.2) is 48.5 Å². The Morgan fingerprint density at radius 1 is 1.00 bits per heavy atom. The van der Waals surface area contributed by atoms with Crippen LogP contribution in [0, 0.1) is 6.92 Å². The van der Waals surface area contributed by atoms with Gasteiger partial charge in [-0.05, 0) is 37.6 Å². The molecule has 0 saturated heterocycles. The van der Waals surface area contributed by atoms with E-state index in [1.54, 1.807) is 24.3 Å². The number of carbonyl (C=O) groups excluding carboxylic acids is 2. The number of carbonyl (C=O) groups is 2. The van der Waals surface area contributed by atoms with Crippen molar-refractivity contribution in [2.75, 3.05) is 17.2 Å². The van der Waals surface area contributed by atoms with Crippen molar-refractivity contribution >= 4 is 23.4 Å². The Labute approximate surface area is 142 Å². The maximum Gasteiger partial charge on any atom is 0.340 e. The van der Waals surface area contributed by atoms with E-state index in [4.69, 9.17) is 4.74 Å². The summed E-state index contributed by atoms with van der Waals surface area (Å²) >= 11 is 0. The second-order valence-electron chi connectivity index (χ2n) is 5.48. The molecule has 0 aromatic heterocycles. The first kappa shape index (κ1) is 17.5. The summed E-state index contributed by atoms with van der Waals surface area (Å²) in [5.41, 5.74) is 2.55. The maximum atomic E-state index is 12.1. The monoisotopic (exact) mass is 326 g/mol. The van der Waals surface area contributed by atoms with Crippen LogP contribution in [0.4, 0.5) is 16.2 Å². The van der Waals surface area contributed by atoms with Crippen molar-refractivity contribution in [2.24, 2.45) is 0 Å². The van der Waals surface area contributed by atoms with E-state index in [2.05, 4.69) is 10.6 Å². The maximum absolute atomic E-state index is 12.1. The van der Waals surface area contributed by atoms with Crippen LogP contribution in [0.1, 0.15) is 35.7 Å². The summed E-state index contributed by atoms with van der Waals surface area (Å²) in [6.07, 6.45) is 1.77. The number of esters is 1. The molecule has 0 fully saturated rings. The number of nitrogens with one attached hydrogen (secondary N) is 2. The van der Waals surface area contributed by atoms with Crippen molar-refractivity contribution in [3.05, 3.63) is 59.7 Å². The number of anilines is 2. The first-order valence-corrected chi connectivity index (χ1v) is 8.01. The molecule has 24 heavy (non-hydrogen) atoms. The van der Waals surface area contributed by atoms with Gasteiger partial charge in [-0.2, -0.15) is 0 Å². The molecule has 2 amide bonds. The molecule has 2 N–H and O–H groups in total. The lowest BCUT2D eigenvalue weighted by atomic mass is 10.2. The molecule has 0 bridgehead atoms. The molecule has 2 aromatic carbocycles. The van der Waals surface area contributed by atoms with Crippen molar-refractivity contribution < 1.29 is 14.3 Å². The van der Waals surface area contributed by atoms with E-state index in [1.165, 1.54) is 0 Å². The van der Waals surface area contributed by atoms with Crippen LogP contribution in [-0.2, 0) is 4.74 Å². The predicted octanol–water partition coefficient (Wildman–Crippen LogP) is 4.60. The normalized spacial score (nSPS) is 10.1. The minimum Gasteiger partial charge on any atom is -0.462 e. The smallest absolute Gasteiger partial charge is 0.340 e. The molecule has 0 atom stereocenters. The van der Waals surface area contributed by atoms with Gasteiger partial charge in [0.15, 0.2) is 0 Å². The molecular formula is C19H22N2O3. The number of hydrogen-bond donors (Lipinski definition) is 2. The third-order valence-electron chi connectivity index (χ3n) is 3.44. The van der Waals surface area contributed by atoms with Crippen molar-refractivity contribution in [1.82, 2.24) is 0 Å². The standard InChI is InChI=1S/C19H22N2O3/c1-3-4-13-24-18(22)16-7-5-6-8-17(16)21-19(23)20-15-11-9-14(2)10-12-15/h5-12H,3-4,13H2,1-2H3,(H2,20,21,23). The van der Waals surface area contributed by atoms with Crippen LogP contribution in [0.5, 0.6) is 0 Å². The highest BCUT2D eigenvalue weighted by Crippen LogP contribution is 2.17. The van der Waals surface area contributed by atoms with Crippen LogP contribution in [-0.4, -0.2) is 18.6 Å². The van der Waals surface area contributed by atoms with Crippen molar-refractivity contribution in [2.45, 2.75) is 26.7 Å². The fourth-order valence-corrected chi connectivity index (χ4v) is 2.08. The summed E-state index contributed by atoms with van der Waals surface area (Å²) in [6, 6.07) is 13.8. The zero-order valence-electron chi connectivity index (χ0n) is 14.0. The third kappa shape index (κ3) is 5.12. The van der Waals surface area contributed by atoms with Crippen LogP contribution >= 0.6 is 0 Å². The summed E-state index contributed by atoms with van der Waals surface area (Å²) in [5.74, 6) is -0.435. The third-order valence-corrected chi connectivity index (χ3v) is 3.44. The Balaban J connectivity index is 2.02. The molecule has 2 aromatic rings. The van der Waals surface area contributed by atoms with Crippen molar-refractivity contribution in [3.63, 3.8) is 0 Å². The largest absolute Gasteiger partial charge is 0.462 e. The van der Waals surface area contributed by atoms with Gasteiger partial charge in [-0.25, -0.2) is 9.59 Å². The van der Waals surface area contributed by atoms with E-state index in [1.807, 2.05) is 38.1 Å². The summed E-state index contributed by atoms with van der Waals surface area (Å²) in [7, 11) is 0. The number of rotatable bonds is 6. The number of amides is 2. The molecule has 0 radical (unpaired) electrons. The molecule has 0 aliphatic carbocycles. The topological polar surface area (TPSA) is 67.4 Å².